The molecule has 0 aromatic heterocycles. The number of amides is 4. The predicted molar refractivity (Wildman–Crippen MR) is 149 cm³/mol. The molecule has 1 saturated heterocycles. The van der Waals surface area contributed by atoms with Crippen LogP contribution >= 0.6 is 0 Å². The van der Waals surface area contributed by atoms with Crippen LogP contribution in [0.3, 0.4) is 0 Å². The topological polar surface area (TPSA) is 148 Å². The van der Waals surface area contributed by atoms with Crippen LogP contribution < -0.4 is 16.4 Å². The van der Waals surface area contributed by atoms with E-state index in [9.17, 15) is 24.0 Å². The van der Waals surface area contributed by atoms with Crippen LogP contribution in [0.15, 0.2) is 0 Å². The molecule has 6 atom stereocenters. The van der Waals surface area contributed by atoms with Gasteiger partial charge in [0.05, 0.1) is 6.04 Å². The van der Waals surface area contributed by atoms with Crippen LogP contribution in [0.2, 0.25) is 0 Å². The van der Waals surface area contributed by atoms with E-state index in [0.717, 1.165) is 51.4 Å². The summed E-state index contributed by atoms with van der Waals surface area (Å²) in [7, 11) is 0. The maximum atomic E-state index is 14.2. The molecule has 40 heavy (non-hydrogen) atoms. The first-order valence-electron chi connectivity index (χ1n) is 15.2. The van der Waals surface area contributed by atoms with Gasteiger partial charge in [-0.3, -0.25) is 19.2 Å². The van der Waals surface area contributed by atoms with E-state index in [2.05, 4.69) is 24.5 Å². The number of likely N-dealkylation sites (tertiary alicyclic amines) is 1. The van der Waals surface area contributed by atoms with Gasteiger partial charge < -0.3 is 26.0 Å². The Morgan fingerprint density at radius 2 is 1.60 bits per heavy atom. The quantitative estimate of drug-likeness (QED) is 0.331. The van der Waals surface area contributed by atoms with Crippen molar-refractivity contribution in [2.24, 2.45) is 40.7 Å². The van der Waals surface area contributed by atoms with E-state index in [4.69, 9.17) is 10.5 Å². The van der Waals surface area contributed by atoms with Crippen LogP contribution in [0.5, 0.6) is 0 Å². The van der Waals surface area contributed by atoms with Gasteiger partial charge in [-0.25, -0.2) is 4.79 Å². The Morgan fingerprint density at radius 1 is 0.950 bits per heavy atom. The highest BCUT2D eigenvalue weighted by atomic mass is 16.6. The Morgan fingerprint density at radius 3 is 2.15 bits per heavy atom. The summed E-state index contributed by atoms with van der Waals surface area (Å²) in [5.41, 5.74) is 5.19. The van der Waals surface area contributed by atoms with E-state index in [1.54, 1.807) is 4.90 Å². The standard InChI is InChI=1S/C30H48N4O6/c1-16(2)17(3)40-29(39)33-23(19-12-7-6-8-13-19)28(38)34-15-20-22(30(20,4)5)24(34)27(37)32-21(25(35)26(31)36)14-18-10-9-11-18/h16-24H,6-15H2,1-5H3,(H2,31,36)(H,32,37)(H,33,39). The summed E-state index contributed by atoms with van der Waals surface area (Å²) in [5, 5.41) is 5.70. The van der Waals surface area contributed by atoms with Crippen LogP contribution in [-0.4, -0.2) is 65.3 Å². The minimum atomic E-state index is -1.07. The lowest BCUT2D eigenvalue weighted by Gasteiger charge is -2.37. The van der Waals surface area contributed by atoms with E-state index in [-0.39, 0.29) is 47.0 Å². The first-order valence-corrected chi connectivity index (χ1v) is 15.2. The van der Waals surface area contributed by atoms with Gasteiger partial charge in [0.2, 0.25) is 17.6 Å². The number of nitrogens with one attached hydrogen (secondary N) is 2. The van der Waals surface area contributed by atoms with E-state index < -0.39 is 41.8 Å². The van der Waals surface area contributed by atoms with Gasteiger partial charge in [0, 0.05) is 6.54 Å². The summed E-state index contributed by atoms with van der Waals surface area (Å²) >= 11 is 0. The van der Waals surface area contributed by atoms with E-state index in [0.29, 0.717) is 13.0 Å². The number of ether oxygens (including phenoxy) is 1. The van der Waals surface area contributed by atoms with Crippen LogP contribution in [0.25, 0.3) is 0 Å². The molecule has 4 fully saturated rings. The van der Waals surface area contributed by atoms with Crippen LogP contribution in [0.4, 0.5) is 4.79 Å². The van der Waals surface area contributed by atoms with Crippen molar-refractivity contribution in [3.8, 4) is 0 Å². The summed E-state index contributed by atoms with van der Waals surface area (Å²) < 4.78 is 5.56. The molecule has 4 amide bonds. The van der Waals surface area contributed by atoms with Crippen molar-refractivity contribution >= 4 is 29.6 Å². The van der Waals surface area contributed by atoms with Gasteiger partial charge in [0.15, 0.2) is 0 Å². The number of ketones is 1. The Kier molecular flexibility index (Phi) is 9.15. The summed E-state index contributed by atoms with van der Waals surface area (Å²) in [6, 6.07) is -2.57. The number of hydrogen-bond acceptors (Lipinski definition) is 6. The first-order chi connectivity index (χ1) is 18.8. The number of nitrogens with zero attached hydrogens (tertiary/aromatic N) is 1. The fourth-order valence-electron chi connectivity index (χ4n) is 7.03. The van der Waals surface area contributed by atoms with Gasteiger partial charge in [0.25, 0.3) is 5.91 Å². The average molecular weight is 561 g/mol. The molecule has 4 aliphatic rings. The van der Waals surface area contributed by atoms with Gasteiger partial charge in [-0.1, -0.05) is 66.2 Å². The second-order valence-electron chi connectivity index (χ2n) is 13.6. The third-order valence-corrected chi connectivity index (χ3v) is 10.3. The summed E-state index contributed by atoms with van der Waals surface area (Å²) in [6.07, 6.45) is 7.09. The van der Waals surface area contributed by atoms with E-state index in [1.165, 1.54) is 0 Å². The zero-order chi connectivity index (χ0) is 29.4. The minimum absolute atomic E-state index is 0.0420. The number of rotatable bonds is 11. The maximum absolute atomic E-state index is 14.2. The van der Waals surface area contributed by atoms with Crippen molar-refractivity contribution in [3.63, 3.8) is 0 Å². The summed E-state index contributed by atoms with van der Waals surface area (Å²) in [6.45, 7) is 10.3. The fraction of sp³-hybridized carbons (Fsp3) is 0.833. The van der Waals surface area contributed by atoms with Crippen LogP contribution in [0.1, 0.15) is 92.4 Å². The smallest absolute Gasteiger partial charge is 0.408 e. The second kappa shape index (κ2) is 12.1. The third kappa shape index (κ3) is 6.30. The fourth-order valence-corrected chi connectivity index (χ4v) is 7.03. The molecule has 224 valence electrons. The lowest BCUT2D eigenvalue weighted by Crippen LogP contribution is -2.59. The monoisotopic (exact) mass is 560 g/mol. The second-order valence-corrected chi connectivity index (χ2v) is 13.6. The predicted octanol–water partition coefficient (Wildman–Crippen LogP) is 2.92. The van der Waals surface area contributed by atoms with Gasteiger partial charge in [-0.15, -0.1) is 0 Å². The Balaban J connectivity index is 1.54. The number of Topliss-reactive ketones (excluding diaryl/α,β-unsaturated/α-hetero) is 1. The van der Waals surface area contributed by atoms with Crippen molar-refractivity contribution in [2.45, 2.75) is 117 Å². The van der Waals surface area contributed by atoms with Gasteiger partial charge in [-0.2, -0.15) is 0 Å². The first kappa shape index (κ1) is 30.3. The zero-order valence-corrected chi connectivity index (χ0v) is 24.7. The Bertz CT molecular complexity index is 1000. The van der Waals surface area contributed by atoms with Crippen molar-refractivity contribution in [2.75, 3.05) is 6.54 Å². The van der Waals surface area contributed by atoms with Gasteiger partial charge >= 0.3 is 6.09 Å². The van der Waals surface area contributed by atoms with Crippen molar-refractivity contribution in [3.05, 3.63) is 0 Å². The Hall–Kier alpha value is -2.65. The van der Waals surface area contributed by atoms with E-state index >= 15 is 0 Å². The van der Waals surface area contributed by atoms with Crippen LogP contribution in [0, 0.1) is 35.0 Å². The number of nitrogens with two attached hydrogens (primary N) is 1. The molecule has 1 heterocycles. The molecular formula is C30H48N4O6. The lowest BCUT2D eigenvalue weighted by atomic mass is 9.80. The average Bonchev–Trinajstić information content (AvgIpc) is 3.21. The number of hydrogen-bond donors (Lipinski definition) is 3. The molecule has 6 unspecified atom stereocenters. The van der Waals surface area contributed by atoms with Gasteiger partial charge in [-0.05, 0) is 61.2 Å². The molecule has 10 nitrogen and oxygen atoms in total. The highest BCUT2D eigenvalue weighted by Crippen LogP contribution is 2.65. The SMILES string of the molecule is CC(C)C(C)OC(=O)NC(C(=O)N1CC2C(C1C(=O)NC(CC1CCC1)C(=O)C(N)=O)C2(C)C)C1CCCCC1. The van der Waals surface area contributed by atoms with Gasteiger partial charge in [0.1, 0.15) is 18.2 Å². The molecule has 4 rings (SSSR count). The maximum Gasteiger partial charge on any atom is 0.408 e. The number of primary amides is 1. The molecule has 3 aliphatic carbocycles. The largest absolute Gasteiger partial charge is 0.446 e. The zero-order valence-electron chi connectivity index (χ0n) is 24.7. The number of fused-ring (bicyclic) bond motifs is 1. The molecular weight excluding hydrogens is 512 g/mol. The lowest BCUT2D eigenvalue weighted by molar-refractivity contribution is -0.144. The molecule has 0 radical (unpaired) electrons. The minimum Gasteiger partial charge on any atom is -0.446 e. The molecule has 1 aliphatic heterocycles. The molecule has 3 saturated carbocycles. The molecule has 0 aromatic carbocycles. The molecule has 0 spiro atoms. The number of carbonyl (C=O) groups excluding carboxylic acids is 5. The molecule has 0 aromatic rings. The molecule has 0 bridgehead atoms. The Labute approximate surface area is 237 Å². The number of carbonyl (C=O) groups is 5. The highest BCUT2D eigenvalue weighted by molar-refractivity contribution is 6.37. The molecule has 4 N–H and O–H groups in total. The highest BCUT2D eigenvalue weighted by Gasteiger charge is 2.69. The van der Waals surface area contributed by atoms with Crippen molar-refractivity contribution in [1.82, 2.24) is 15.5 Å². The molecule has 10 heteroatoms. The summed E-state index contributed by atoms with van der Waals surface area (Å²) in [4.78, 5) is 66.9. The third-order valence-electron chi connectivity index (χ3n) is 10.3. The van der Waals surface area contributed by atoms with E-state index in [1.807, 2.05) is 20.8 Å². The summed E-state index contributed by atoms with van der Waals surface area (Å²) in [5.74, 6) is -2.14. The van der Waals surface area contributed by atoms with Crippen molar-refractivity contribution < 1.29 is 28.7 Å². The number of piperidine rings is 1. The normalized spacial score (nSPS) is 28.1. The number of alkyl carbamates (subject to hydrolysis) is 1. The van der Waals surface area contributed by atoms with Crippen molar-refractivity contribution in [1.29, 1.82) is 0 Å². The van der Waals surface area contributed by atoms with Crippen LogP contribution in [-0.2, 0) is 23.9 Å².